The van der Waals surface area contributed by atoms with Crippen LogP contribution in [0.15, 0.2) is 18.2 Å². The molecule has 7 heteroatoms. The molecule has 0 spiro atoms. The summed E-state index contributed by atoms with van der Waals surface area (Å²) in [7, 11) is 0. The number of fused-ring (bicyclic) bond motifs is 2. The van der Waals surface area contributed by atoms with E-state index in [2.05, 4.69) is 0 Å². The first kappa shape index (κ1) is 15.5. The van der Waals surface area contributed by atoms with Gasteiger partial charge in [0.15, 0.2) is 11.5 Å². The summed E-state index contributed by atoms with van der Waals surface area (Å²) < 4.78 is 16.6. The molecule has 0 unspecified atom stereocenters. The van der Waals surface area contributed by atoms with Crippen LogP contribution in [-0.4, -0.2) is 59.7 Å². The molecule has 2 N–H and O–H groups in total. The number of ether oxygens (including phenoxy) is 3. The van der Waals surface area contributed by atoms with Gasteiger partial charge in [0.05, 0.1) is 6.10 Å². The Hall–Kier alpha value is -1.99. The Bertz CT molecular complexity index is 636. The van der Waals surface area contributed by atoms with Gasteiger partial charge in [0.1, 0.15) is 18.5 Å². The number of aliphatic hydroxyl groups is 2. The highest BCUT2D eigenvalue weighted by atomic mass is 16.7. The normalized spacial score (nSPS) is 31.0. The summed E-state index contributed by atoms with van der Waals surface area (Å²) in [6, 6.07) is 5.38. The van der Waals surface area contributed by atoms with E-state index in [4.69, 9.17) is 19.3 Å². The summed E-state index contributed by atoms with van der Waals surface area (Å²) in [6.45, 7) is 0.984. The standard InChI is InChI=1S/C17H21NO6/c19-8-17(21)18-6-10-3-13(20)15(4-11(10)7-18)24-12-1-2-14-16(5-12)23-9-22-14/h1-2,5,10-11,13,15,19-20H,3-4,6-9H2/t10-,11+,13+,15+/m0/s1. The van der Waals surface area contributed by atoms with Gasteiger partial charge < -0.3 is 29.3 Å². The quantitative estimate of drug-likeness (QED) is 0.830. The molecule has 2 heterocycles. The molecular formula is C17H21NO6. The third kappa shape index (κ3) is 2.78. The Kier molecular flexibility index (Phi) is 3.97. The van der Waals surface area contributed by atoms with Crippen molar-refractivity contribution < 1.29 is 29.2 Å². The fraction of sp³-hybridized carbons (Fsp3) is 0.588. The molecular weight excluding hydrogens is 314 g/mol. The molecule has 1 amide bonds. The maximum Gasteiger partial charge on any atom is 0.248 e. The highest BCUT2D eigenvalue weighted by Crippen LogP contribution is 2.40. The number of likely N-dealkylation sites (tertiary alicyclic amines) is 1. The molecule has 0 radical (unpaired) electrons. The highest BCUT2D eigenvalue weighted by Gasteiger charge is 2.43. The van der Waals surface area contributed by atoms with Gasteiger partial charge in [-0.1, -0.05) is 0 Å². The number of aliphatic hydroxyl groups excluding tert-OH is 2. The third-order valence-corrected chi connectivity index (χ3v) is 5.20. The molecule has 4 atom stereocenters. The Labute approximate surface area is 139 Å². The number of carbonyl (C=O) groups excluding carboxylic acids is 1. The van der Waals surface area contributed by atoms with Crippen LogP contribution in [0.3, 0.4) is 0 Å². The largest absolute Gasteiger partial charge is 0.488 e. The molecule has 1 aromatic rings. The summed E-state index contributed by atoms with van der Waals surface area (Å²) in [6.07, 6.45) is 0.418. The molecule has 1 saturated heterocycles. The van der Waals surface area contributed by atoms with Crippen LogP contribution < -0.4 is 14.2 Å². The molecule has 24 heavy (non-hydrogen) atoms. The van der Waals surface area contributed by atoms with E-state index >= 15 is 0 Å². The Morgan fingerprint density at radius 1 is 1.21 bits per heavy atom. The molecule has 1 saturated carbocycles. The molecule has 1 aliphatic carbocycles. The van der Waals surface area contributed by atoms with Crippen molar-refractivity contribution in [2.24, 2.45) is 11.8 Å². The monoisotopic (exact) mass is 335 g/mol. The van der Waals surface area contributed by atoms with Gasteiger partial charge in [-0.25, -0.2) is 0 Å². The van der Waals surface area contributed by atoms with Crippen LogP contribution in [0.2, 0.25) is 0 Å². The second-order valence-corrected chi connectivity index (χ2v) is 6.69. The van der Waals surface area contributed by atoms with Crippen LogP contribution in [0, 0.1) is 11.8 Å². The fourth-order valence-electron chi connectivity index (χ4n) is 3.95. The van der Waals surface area contributed by atoms with Crippen LogP contribution in [0.25, 0.3) is 0 Å². The van der Waals surface area contributed by atoms with Gasteiger partial charge in [0.25, 0.3) is 0 Å². The number of rotatable bonds is 3. The van der Waals surface area contributed by atoms with Crippen LogP contribution in [-0.2, 0) is 4.79 Å². The summed E-state index contributed by atoms with van der Waals surface area (Å²) >= 11 is 0. The first-order chi connectivity index (χ1) is 11.6. The van der Waals surface area contributed by atoms with E-state index in [1.54, 1.807) is 17.0 Å². The second kappa shape index (κ2) is 6.14. The predicted octanol–water partition coefficient (Wildman–Crippen LogP) is 0.384. The highest BCUT2D eigenvalue weighted by molar-refractivity contribution is 5.77. The number of carbonyl (C=O) groups is 1. The maximum absolute atomic E-state index is 11.7. The van der Waals surface area contributed by atoms with Crippen molar-refractivity contribution in [1.82, 2.24) is 4.90 Å². The van der Waals surface area contributed by atoms with Crippen LogP contribution in [0.4, 0.5) is 0 Å². The van der Waals surface area contributed by atoms with Crippen molar-refractivity contribution in [3.63, 3.8) is 0 Å². The first-order valence-electron chi connectivity index (χ1n) is 8.27. The van der Waals surface area contributed by atoms with Gasteiger partial charge in [-0.2, -0.15) is 0 Å². The van der Waals surface area contributed by atoms with Gasteiger partial charge >= 0.3 is 0 Å². The van der Waals surface area contributed by atoms with Crippen LogP contribution in [0.5, 0.6) is 17.2 Å². The Morgan fingerprint density at radius 3 is 2.75 bits per heavy atom. The lowest BCUT2D eigenvalue weighted by Gasteiger charge is -2.35. The van der Waals surface area contributed by atoms with Crippen LogP contribution in [0.1, 0.15) is 12.8 Å². The number of hydrogen-bond donors (Lipinski definition) is 2. The zero-order chi connectivity index (χ0) is 16.7. The first-order valence-corrected chi connectivity index (χ1v) is 8.27. The van der Waals surface area contributed by atoms with Gasteiger partial charge in [-0.15, -0.1) is 0 Å². The zero-order valence-electron chi connectivity index (χ0n) is 13.3. The molecule has 130 valence electrons. The van der Waals surface area contributed by atoms with Crippen molar-refractivity contribution in [2.75, 3.05) is 26.5 Å². The third-order valence-electron chi connectivity index (χ3n) is 5.20. The van der Waals surface area contributed by atoms with Crippen molar-refractivity contribution in [3.05, 3.63) is 18.2 Å². The summed E-state index contributed by atoms with van der Waals surface area (Å²) in [5.41, 5.74) is 0. The average molecular weight is 335 g/mol. The summed E-state index contributed by atoms with van der Waals surface area (Å²) in [4.78, 5) is 13.4. The molecule has 3 aliphatic rings. The smallest absolute Gasteiger partial charge is 0.248 e. The van der Waals surface area contributed by atoms with Crippen LogP contribution >= 0.6 is 0 Å². The van der Waals surface area contributed by atoms with E-state index in [0.29, 0.717) is 49.1 Å². The van der Waals surface area contributed by atoms with E-state index in [-0.39, 0.29) is 24.7 Å². The molecule has 7 nitrogen and oxygen atoms in total. The van der Waals surface area contributed by atoms with Crippen molar-refractivity contribution in [2.45, 2.75) is 25.0 Å². The van der Waals surface area contributed by atoms with E-state index in [1.807, 2.05) is 6.07 Å². The molecule has 4 rings (SSSR count). The van der Waals surface area contributed by atoms with E-state index in [9.17, 15) is 9.90 Å². The lowest BCUT2D eigenvalue weighted by molar-refractivity contribution is -0.133. The molecule has 1 aromatic carbocycles. The van der Waals surface area contributed by atoms with Crippen molar-refractivity contribution in [1.29, 1.82) is 0 Å². The number of amides is 1. The summed E-state index contributed by atoms with van der Waals surface area (Å²) in [5, 5.41) is 19.4. The molecule has 2 aliphatic heterocycles. The van der Waals surface area contributed by atoms with Gasteiger partial charge in [-0.3, -0.25) is 4.79 Å². The topological polar surface area (TPSA) is 88.5 Å². The minimum Gasteiger partial charge on any atom is -0.488 e. The van der Waals surface area contributed by atoms with Gasteiger partial charge in [0, 0.05) is 19.2 Å². The van der Waals surface area contributed by atoms with Crippen molar-refractivity contribution >= 4 is 5.91 Å². The Morgan fingerprint density at radius 2 is 1.96 bits per heavy atom. The second-order valence-electron chi connectivity index (χ2n) is 6.69. The maximum atomic E-state index is 11.7. The number of hydrogen-bond acceptors (Lipinski definition) is 6. The Balaban J connectivity index is 1.43. The lowest BCUT2D eigenvalue weighted by Crippen LogP contribution is -2.42. The fourth-order valence-corrected chi connectivity index (χ4v) is 3.95. The van der Waals surface area contributed by atoms with E-state index in [0.717, 1.165) is 0 Å². The zero-order valence-corrected chi connectivity index (χ0v) is 13.3. The molecule has 0 aromatic heterocycles. The van der Waals surface area contributed by atoms with Gasteiger partial charge in [0.2, 0.25) is 12.7 Å². The van der Waals surface area contributed by atoms with Crippen molar-refractivity contribution in [3.8, 4) is 17.2 Å². The minimum absolute atomic E-state index is 0.212. The van der Waals surface area contributed by atoms with E-state index in [1.165, 1.54) is 0 Å². The number of benzene rings is 1. The molecule has 2 fully saturated rings. The average Bonchev–Trinajstić information content (AvgIpc) is 3.20. The minimum atomic E-state index is -0.569. The SMILES string of the molecule is O=C(CO)N1C[C@H]2C[C@@H](Oc3ccc4c(c3)OCO4)[C@H](O)C[C@H]2C1. The van der Waals surface area contributed by atoms with Gasteiger partial charge in [-0.05, 0) is 36.8 Å². The summed E-state index contributed by atoms with van der Waals surface area (Å²) in [5.74, 6) is 2.31. The number of nitrogens with zero attached hydrogens (tertiary/aromatic N) is 1. The lowest BCUT2D eigenvalue weighted by atomic mass is 9.78. The predicted molar refractivity (Wildman–Crippen MR) is 82.9 cm³/mol. The van der Waals surface area contributed by atoms with E-state index < -0.39 is 12.7 Å². The molecule has 0 bridgehead atoms.